The number of halogens is 1. The van der Waals surface area contributed by atoms with Crippen LogP contribution in [0.3, 0.4) is 0 Å². The number of hydrogen-bond donors (Lipinski definition) is 2. The predicted octanol–water partition coefficient (Wildman–Crippen LogP) is 1.58. The van der Waals surface area contributed by atoms with Crippen molar-refractivity contribution in [3.05, 3.63) is 29.3 Å². The van der Waals surface area contributed by atoms with Crippen LogP contribution in [0.15, 0.2) is 18.2 Å². The molecule has 106 valence electrons. The minimum atomic E-state index is -0.0522. The second-order valence-corrected chi connectivity index (χ2v) is 4.81. The molecule has 0 aromatic heterocycles. The molecule has 1 unspecified atom stereocenters. The fraction of sp³-hybridized carbons (Fsp3) is 0.500. The Hall–Kier alpha value is -1.26. The molecule has 1 fully saturated rings. The van der Waals surface area contributed by atoms with E-state index < -0.39 is 0 Å². The summed E-state index contributed by atoms with van der Waals surface area (Å²) >= 11 is 0. The van der Waals surface area contributed by atoms with Gasteiger partial charge in [-0.3, -0.25) is 4.79 Å². The summed E-state index contributed by atoms with van der Waals surface area (Å²) in [5, 5.41) is 6.16. The maximum Gasteiger partial charge on any atom is 0.258 e. The molecule has 1 atom stereocenters. The monoisotopic (exact) mass is 284 g/mol. The Kier molecular flexibility index (Phi) is 6.12. The van der Waals surface area contributed by atoms with Crippen LogP contribution in [0, 0.1) is 13.8 Å². The maximum absolute atomic E-state index is 11.7. The molecular weight excluding hydrogens is 264 g/mol. The Balaban J connectivity index is 0.00000180. The fourth-order valence-electron chi connectivity index (χ4n) is 2.15. The summed E-state index contributed by atoms with van der Waals surface area (Å²) < 4.78 is 5.53. The van der Waals surface area contributed by atoms with Crippen LogP contribution in [0.5, 0.6) is 5.75 Å². The summed E-state index contributed by atoms with van der Waals surface area (Å²) in [6.45, 7) is 5.94. The first-order valence-corrected chi connectivity index (χ1v) is 6.35. The van der Waals surface area contributed by atoms with Gasteiger partial charge in [-0.05, 0) is 38.4 Å². The van der Waals surface area contributed by atoms with Crippen LogP contribution in [0.25, 0.3) is 0 Å². The molecule has 1 aliphatic rings. The second kappa shape index (κ2) is 7.36. The molecule has 0 radical (unpaired) electrons. The van der Waals surface area contributed by atoms with Gasteiger partial charge in [-0.2, -0.15) is 0 Å². The van der Waals surface area contributed by atoms with E-state index in [1.54, 1.807) is 0 Å². The lowest BCUT2D eigenvalue weighted by atomic mass is 10.1. The lowest BCUT2D eigenvalue weighted by Crippen LogP contribution is -2.39. The van der Waals surface area contributed by atoms with E-state index in [4.69, 9.17) is 4.74 Å². The van der Waals surface area contributed by atoms with Crippen molar-refractivity contribution >= 4 is 18.3 Å². The van der Waals surface area contributed by atoms with Gasteiger partial charge in [0.15, 0.2) is 6.61 Å². The van der Waals surface area contributed by atoms with Gasteiger partial charge >= 0.3 is 0 Å². The average molecular weight is 285 g/mol. The van der Waals surface area contributed by atoms with Gasteiger partial charge in [0.1, 0.15) is 5.75 Å². The highest BCUT2D eigenvalue weighted by molar-refractivity contribution is 5.85. The molecule has 2 rings (SSSR count). The van der Waals surface area contributed by atoms with Gasteiger partial charge in [0, 0.05) is 12.6 Å². The molecule has 1 aliphatic heterocycles. The minimum Gasteiger partial charge on any atom is -0.484 e. The number of carbonyl (C=O) groups excluding carboxylic acids is 1. The Labute approximate surface area is 120 Å². The first-order chi connectivity index (χ1) is 8.65. The number of carbonyl (C=O) groups is 1. The van der Waals surface area contributed by atoms with Crippen LogP contribution in [0.2, 0.25) is 0 Å². The number of aryl methyl sites for hydroxylation is 2. The van der Waals surface area contributed by atoms with E-state index in [0.717, 1.165) is 30.8 Å². The van der Waals surface area contributed by atoms with Crippen molar-refractivity contribution in [1.29, 1.82) is 0 Å². The minimum absolute atomic E-state index is 0. The zero-order valence-electron chi connectivity index (χ0n) is 11.4. The van der Waals surface area contributed by atoms with Gasteiger partial charge in [-0.1, -0.05) is 17.7 Å². The SMILES string of the molecule is Cc1ccc(OCC(=O)NC2CCNC2)c(C)c1.Cl. The molecule has 19 heavy (non-hydrogen) atoms. The topological polar surface area (TPSA) is 50.4 Å². The van der Waals surface area contributed by atoms with Crippen molar-refractivity contribution in [3.8, 4) is 5.75 Å². The third-order valence-corrected chi connectivity index (χ3v) is 3.11. The normalized spacial score (nSPS) is 17.7. The molecule has 4 nitrogen and oxygen atoms in total. The van der Waals surface area contributed by atoms with Gasteiger partial charge in [0.2, 0.25) is 0 Å². The van der Waals surface area contributed by atoms with Crippen LogP contribution in [-0.4, -0.2) is 31.6 Å². The van der Waals surface area contributed by atoms with Crippen molar-refractivity contribution in [2.45, 2.75) is 26.3 Å². The Morgan fingerprint density at radius 3 is 2.89 bits per heavy atom. The lowest BCUT2D eigenvalue weighted by molar-refractivity contribution is -0.123. The van der Waals surface area contributed by atoms with Crippen LogP contribution in [-0.2, 0) is 4.79 Å². The quantitative estimate of drug-likeness (QED) is 0.883. The number of hydrogen-bond acceptors (Lipinski definition) is 3. The first kappa shape index (κ1) is 15.8. The van der Waals surface area contributed by atoms with E-state index in [2.05, 4.69) is 10.6 Å². The predicted molar refractivity (Wildman–Crippen MR) is 78.1 cm³/mol. The van der Waals surface area contributed by atoms with Crippen LogP contribution in [0.1, 0.15) is 17.5 Å². The van der Waals surface area contributed by atoms with E-state index in [0.29, 0.717) is 0 Å². The van der Waals surface area contributed by atoms with Crippen molar-refractivity contribution < 1.29 is 9.53 Å². The Bertz CT molecular complexity index is 431. The summed E-state index contributed by atoms with van der Waals surface area (Å²) in [7, 11) is 0. The summed E-state index contributed by atoms with van der Waals surface area (Å²) in [5.41, 5.74) is 2.26. The van der Waals surface area contributed by atoms with Gasteiger partial charge in [-0.15, -0.1) is 12.4 Å². The third kappa shape index (κ3) is 4.73. The molecule has 0 saturated carbocycles. The highest BCUT2D eigenvalue weighted by atomic mass is 35.5. The van der Waals surface area contributed by atoms with Crippen molar-refractivity contribution in [2.24, 2.45) is 0 Å². The van der Waals surface area contributed by atoms with E-state index in [1.165, 1.54) is 5.56 Å². The van der Waals surface area contributed by atoms with E-state index in [-0.39, 0.29) is 31.0 Å². The van der Waals surface area contributed by atoms with Crippen molar-refractivity contribution in [1.82, 2.24) is 10.6 Å². The maximum atomic E-state index is 11.7. The molecule has 1 amide bonds. The lowest BCUT2D eigenvalue weighted by Gasteiger charge is -2.13. The largest absolute Gasteiger partial charge is 0.484 e. The third-order valence-electron chi connectivity index (χ3n) is 3.11. The highest BCUT2D eigenvalue weighted by Gasteiger charge is 2.16. The Morgan fingerprint density at radius 2 is 2.26 bits per heavy atom. The number of benzene rings is 1. The molecule has 0 aliphatic carbocycles. The molecular formula is C14H21ClN2O2. The van der Waals surface area contributed by atoms with Crippen LogP contribution >= 0.6 is 12.4 Å². The molecule has 1 aromatic rings. The fourth-order valence-corrected chi connectivity index (χ4v) is 2.15. The van der Waals surface area contributed by atoms with Crippen molar-refractivity contribution in [3.63, 3.8) is 0 Å². The van der Waals surface area contributed by atoms with Gasteiger partial charge in [0.05, 0.1) is 0 Å². The van der Waals surface area contributed by atoms with Crippen molar-refractivity contribution in [2.75, 3.05) is 19.7 Å². The smallest absolute Gasteiger partial charge is 0.258 e. The van der Waals surface area contributed by atoms with Gasteiger partial charge in [0.25, 0.3) is 5.91 Å². The number of nitrogens with one attached hydrogen (secondary N) is 2. The van der Waals surface area contributed by atoms with E-state index >= 15 is 0 Å². The average Bonchev–Trinajstić information content (AvgIpc) is 2.80. The van der Waals surface area contributed by atoms with Gasteiger partial charge in [-0.25, -0.2) is 0 Å². The number of ether oxygens (including phenoxy) is 1. The molecule has 2 N–H and O–H groups in total. The number of rotatable bonds is 4. The molecule has 1 heterocycles. The molecule has 1 saturated heterocycles. The molecule has 5 heteroatoms. The zero-order chi connectivity index (χ0) is 13.0. The molecule has 0 spiro atoms. The zero-order valence-corrected chi connectivity index (χ0v) is 12.2. The summed E-state index contributed by atoms with van der Waals surface area (Å²) in [5.74, 6) is 0.726. The van der Waals surface area contributed by atoms with E-state index in [9.17, 15) is 4.79 Å². The summed E-state index contributed by atoms with van der Waals surface area (Å²) in [4.78, 5) is 11.7. The second-order valence-electron chi connectivity index (χ2n) is 4.81. The van der Waals surface area contributed by atoms with Crippen LogP contribution in [0.4, 0.5) is 0 Å². The standard InChI is InChI=1S/C14H20N2O2.ClH/c1-10-3-4-13(11(2)7-10)18-9-14(17)16-12-5-6-15-8-12;/h3-4,7,12,15H,5-6,8-9H2,1-2H3,(H,16,17);1H. The molecule has 0 bridgehead atoms. The highest BCUT2D eigenvalue weighted by Crippen LogP contribution is 2.18. The Morgan fingerprint density at radius 1 is 1.47 bits per heavy atom. The number of amides is 1. The van der Waals surface area contributed by atoms with Gasteiger partial charge < -0.3 is 15.4 Å². The summed E-state index contributed by atoms with van der Waals surface area (Å²) in [6, 6.07) is 6.20. The summed E-state index contributed by atoms with van der Waals surface area (Å²) in [6.07, 6.45) is 0.995. The first-order valence-electron chi connectivity index (χ1n) is 6.35. The molecule has 1 aromatic carbocycles. The van der Waals surface area contributed by atoms with E-state index in [1.807, 2.05) is 32.0 Å². The van der Waals surface area contributed by atoms with Crippen LogP contribution < -0.4 is 15.4 Å².